The summed E-state index contributed by atoms with van der Waals surface area (Å²) in [6, 6.07) is 0.229. The van der Waals surface area contributed by atoms with Gasteiger partial charge in [-0.1, -0.05) is 6.92 Å². The van der Waals surface area contributed by atoms with E-state index in [0.29, 0.717) is 11.7 Å². The number of aromatic nitrogens is 3. The number of fused-ring (bicyclic) bond motifs is 2. The number of rotatable bonds is 1. The maximum absolute atomic E-state index is 12.6. The first-order valence-corrected chi connectivity index (χ1v) is 7.48. The first kappa shape index (κ1) is 14.2. The molecule has 0 N–H and O–H groups in total. The summed E-state index contributed by atoms with van der Waals surface area (Å²) in [5, 5.41) is 8.10. The highest BCUT2D eigenvalue weighted by Crippen LogP contribution is 2.55. The highest BCUT2D eigenvalue weighted by Gasteiger charge is 2.62. The lowest BCUT2D eigenvalue weighted by atomic mass is 9.64. The van der Waals surface area contributed by atoms with E-state index in [1.165, 1.54) is 0 Å². The third kappa shape index (κ3) is 2.36. The normalized spacial score (nSPS) is 31.5. The zero-order chi connectivity index (χ0) is 15.3. The van der Waals surface area contributed by atoms with Crippen LogP contribution < -0.4 is 0 Å². The van der Waals surface area contributed by atoms with Crippen LogP contribution in [0.4, 0.5) is 4.79 Å². The molecule has 0 spiro atoms. The molecule has 1 aromatic heterocycles. The predicted molar refractivity (Wildman–Crippen MR) is 76.4 cm³/mol. The molecule has 0 radical (unpaired) electrons. The third-order valence-electron chi connectivity index (χ3n) is 4.25. The van der Waals surface area contributed by atoms with Crippen molar-refractivity contribution in [2.24, 2.45) is 5.92 Å². The highest BCUT2D eigenvalue weighted by molar-refractivity contribution is 5.71. The fraction of sp³-hybridized carbons (Fsp3) is 0.733. The summed E-state index contributed by atoms with van der Waals surface area (Å²) in [7, 11) is 0. The maximum Gasteiger partial charge on any atom is 0.411 e. The Bertz CT molecular complexity index is 542. The highest BCUT2D eigenvalue weighted by atomic mass is 16.6. The molecule has 2 unspecified atom stereocenters. The monoisotopic (exact) mass is 290 g/mol. The summed E-state index contributed by atoms with van der Waals surface area (Å²) < 4.78 is 5.57. The number of hydrogen-bond donors (Lipinski definition) is 0. The average molecular weight is 290 g/mol. The van der Waals surface area contributed by atoms with E-state index in [2.05, 4.69) is 22.1 Å². The van der Waals surface area contributed by atoms with E-state index in [1.54, 1.807) is 12.4 Å². The van der Waals surface area contributed by atoms with E-state index in [-0.39, 0.29) is 12.1 Å². The smallest absolute Gasteiger partial charge is 0.411 e. The lowest BCUT2D eigenvalue weighted by molar-refractivity contribution is -0.132. The number of nitrogens with zero attached hydrogens (tertiary/aromatic N) is 4. The van der Waals surface area contributed by atoms with Crippen molar-refractivity contribution in [1.82, 2.24) is 20.1 Å². The van der Waals surface area contributed by atoms with Gasteiger partial charge in [-0.05, 0) is 46.0 Å². The van der Waals surface area contributed by atoms with Crippen molar-refractivity contribution in [3.05, 3.63) is 18.2 Å². The first-order valence-electron chi connectivity index (χ1n) is 7.48. The molecular weight excluding hydrogens is 268 g/mol. The lowest BCUT2D eigenvalue weighted by Crippen LogP contribution is -2.70. The molecule has 6 nitrogen and oxygen atoms in total. The Morgan fingerprint density at radius 1 is 1.38 bits per heavy atom. The first-order chi connectivity index (χ1) is 9.82. The van der Waals surface area contributed by atoms with Crippen molar-refractivity contribution in [2.45, 2.75) is 64.1 Å². The topological polar surface area (TPSA) is 68.2 Å². The van der Waals surface area contributed by atoms with Gasteiger partial charge in [0, 0.05) is 12.2 Å². The number of piperidine rings is 1. The minimum Gasteiger partial charge on any atom is -0.444 e. The van der Waals surface area contributed by atoms with Crippen molar-refractivity contribution < 1.29 is 9.53 Å². The number of hydrogen-bond acceptors (Lipinski definition) is 5. The van der Waals surface area contributed by atoms with Gasteiger partial charge >= 0.3 is 6.09 Å². The van der Waals surface area contributed by atoms with Crippen LogP contribution in [0.3, 0.4) is 0 Å². The average Bonchev–Trinajstić information content (AvgIpc) is 2.36. The van der Waals surface area contributed by atoms with Gasteiger partial charge in [0.15, 0.2) is 5.82 Å². The Hall–Kier alpha value is -1.72. The number of ether oxygens (including phenoxy) is 1. The molecule has 1 aliphatic carbocycles. The molecule has 3 atom stereocenters. The van der Waals surface area contributed by atoms with Gasteiger partial charge in [0.1, 0.15) is 11.1 Å². The lowest BCUT2D eigenvalue weighted by Gasteiger charge is -2.61. The van der Waals surface area contributed by atoms with E-state index in [9.17, 15) is 4.79 Å². The van der Waals surface area contributed by atoms with Crippen LogP contribution in [-0.4, -0.2) is 37.8 Å². The van der Waals surface area contributed by atoms with Crippen LogP contribution in [0.5, 0.6) is 0 Å². The van der Waals surface area contributed by atoms with Gasteiger partial charge in [-0.2, -0.15) is 5.10 Å². The standard InChI is InChI=1S/C15H22N4O2/c1-10-7-11-9-15(8-10,12-16-5-6-17-18-12)19(11)13(20)21-14(2,3)4/h5-6,10-11H,7-9H2,1-4H3/t10-,11?,15?/m1/s1. The molecule has 3 fully saturated rings. The molecule has 2 bridgehead atoms. The molecule has 1 amide bonds. The van der Waals surface area contributed by atoms with Crippen LogP contribution >= 0.6 is 0 Å². The minimum absolute atomic E-state index is 0.229. The molecular formula is C15H22N4O2. The van der Waals surface area contributed by atoms with E-state index in [0.717, 1.165) is 19.3 Å². The van der Waals surface area contributed by atoms with Gasteiger partial charge in [-0.25, -0.2) is 9.78 Å². The minimum atomic E-state index is -0.496. The Labute approximate surface area is 124 Å². The van der Waals surface area contributed by atoms with Gasteiger partial charge in [-0.15, -0.1) is 5.10 Å². The van der Waals surface area contributed by atoms with Gasteiger partial charge in [-0.3, -0.25) is 4.90 Å². The number of amides is 1. The van der Waals surface area contributed by atoms with Crippen LogP contribution in [0.25, 0.3) is 0 Å². The Kier molecular flexibility index (Phi) is 3.15. The van der Waals surface area contributed by atoms with Crippen LogP contribution in [0.15, 0.2) is 12.4 Å². The van der Waals surface area contributed by atoms with Gasteiger partial charge in [0.05, 0.1) is 6.20 Å². The molecule has 1 saturated carbocycles. The van der Waals surface area contributed by atoms with Crippen molar-refractivity contribution in [2.75, 3.05) is 0 Å². The molecule has 4 rings (SSSR count). The second-order valence-corrected chi connectivity index (χ2v) is 7.25. The quantitative estimate of drug-likeness (QED) is 0.795. The van der Waals surface area contributed by atoms with Gasteiger partial charge in [0.25, 0.3) is 0 Å². The second-order valence-electron chi connectivity index (χ2n) is 7.25. The van der Waals surface area contributed by atoms with Crippen molar-refractivity contribution in [3.63, 3.8) is 0 Å². The van der Waals surface area contributed by atoms with Gasteiger partial charge in [0.2, 0.25) is 0 Å². The van der Waals surface area contributed by atoms with Gasteiger partial charge < -0.3 is 4.74 Å². The molecule has 3 heterocycles. The number of carbonyl (C=O) groups excluding carboxylic acids is 1. The summed E-state index contributed by atoms with van der Waals surface area (Å²) >= 11 is 0. The van der Waals surface area contributed by atoms with Crippen molar-refractivity contribution in [1.29, 1.82) is 0 Å². The fourth-order valence-corrected chi connectivity index (χ4v) is 3.70. The predicted octanol–water partition coefficient (Wildman–Crippen LogP) is 2.51. The Balaban J connectivity index is 1.91. The van der Waals surface area contributed by atoms with E-state index in [4.69, 9.17) is 4.74 Å². The molecule has 2 aliphatic heterocycles. The molecule has 21 heavy (non-hydrogen) atoms. The fourth-order valence-electron chi connectivity index (χ4n) is 3.70. The van der Waals surface area contributed by atoms with Crippen LogP contribution in [-0.2, 0) is 10.3 Å². The van der Waals surface area contributed by atoms with Crippen LogP contribution in [0, 0.1) is 5.92 Å². The van der Waals surface area contributed by atoms with E-state index >= 15 is 0 Å². The zero-order valence-corrected chi connectivity index (χ0v) is 13.0. The largest absolute Gasteiger partial charge is 0.444 e. The number of carbonyl (C=O) groups is 1. The maximum atomic E-state index is 12.6. The molecule has 2 saturated heterocycles. The van der Waals surface area contributed by atoms with E-state index < -0.39 is 11.1 Å². The Morgan fingerprint density at radius 2 is 2.14 bits per heavy atom. The third-order valence-corrected chi connectivity index (χ3v) is 4.25. The second kappa shape index (κ2) is 4.64. The zero-order valence-electron chi connectivity index (χ0n) is 13.0. The summed E-state index contributed by atoms with van der Waals surface area (Å²) in [4.78, 5) is 18.8. The molecule has 3 aliphatic rings. The molecule has 1 aromatic rings. The van der Waals surface area contributed by atoms with E-state index in [1.807, 2.05) is 25.7 Å². The Morgan fingerprint density at radius 3 is 2.76 bits per heavy atom. The molecule has 6 heteroatoms. The summed E-state index contributed by atoms with van der Waals surface area (Å²) in [6.45, 7) is 7.87. The van der Waals surface area contributed by atoms with Crippen LogP contribution in [0.1, 0.15) is 52.8 Å². The van der Waals surface area contributed by atoms with Crippen molar-refractivity contribution in [3.8, 4) is 0 Å². The SMILES string of the molecule is C[C@@H]1CC2CC(c3nccnn3)(C1)N2C(=O)OC(C)(C)C. The summed E-state index contributed by atoms with van der Waals surface area (Å²) in [5.41, 5.74) is -0.928. The van der Waals surface area contributed by atoms with Crippen LogP contribution in [0.2, 0.25) is 0 Å². The summed E-state index contributed by atoms with van der Waals surface area (Å²) in [6.07, 6.45) is 5.72. The van der Waals surface area contributed by atoms with Crippen molar-refractivity contribution >= 4 is 6.09 Å². The molecule has 0 aromatic carbocycles. The summed E-state index contributed by atoms with van der Waals surface area (Å²) in [5.74, 6) is 1.19. The molecule has 114 valence electrons.